The van der Waals surface area contributed by atoms with Crippen LogP contribution in [0, 0.1) is 11.3 Å². The zero-order valence-corrected chi connectivity index (χ0v) is 15.7. The van der Waals surface area contributed by atoms with Crippen molar-refractivity contribution >= 4 is 11.6 Å². The Morgan fingerprint density at radius 3 is 2.54 bits per heavy atom. The minimum atomic E-state index is -0.484. The SMILES string of the molecule is CC(CCc1ccccc1Cl)CC(C(O)C(C)(C)C)n1cncn1. The smallest absolute Gasteiger partial charge is 0.137 e. The van der Waals surface area contributed by atoms with Crippen molar-refractivity contribution in [2.75, 3.05) is 0 Å². The summed E-state index contributed by atoms with van der Waals surface area (Å²) >= 11 is 6.24. The molecule has 1 aromatic carbocycles. The highest BCUT2D eigenvalue weighted by atomic mass is 35.5. The average molecular weight is 350 g/mol. The molecule has 1 N–H and O–H groups in total. The van der Waals surface area contributed by atoms with Crippen molar-refractivity contribution in [3.8, 4) is 0 Å². The first-order chi connectivity index (χ1) is 11.3. The van der Waals surface area contributed by atoms with Gasteiger partial charge < -0.3 is 5.11 Å². The summed E-state index contributed by atoms with van der Waals surface area (Å²) in [5.74, 6) is 0.437. The average Bonchev–Trinajstić information content (AvgIpc) is 3.04. The zero-order chi connectivity index (χ0) is 17.7. The number of nitrogens with zero attached hydrogens (tertiary/aromatic N) is 3. The van der Waals surface area contributed by atoms with E-state index in [-0.39, 0.29) is 11.5 Å². The Hall–Kier alpha value is -1.39. The summed E-state index contributed by atoms with van der Waals surface area (Å²) in [6.45, 7) is 8.37. The lowest BCUT2D eigenvalue weighted by molar-refractivity contribution is 0.00402. The number of aliphatic hydroxyl groups excluding tert-OH is 1. The Morgan fingerprint density at radius 1 is 1.25 bits per heavy atom. The molecule has 0 bridgehead atoms. The van der Waals surface area contributed by atoms with E-state index in [9.17, 15) is 5.11 Å². The molecule has 3 atom stereocenters. The molecule has 3 unspecified atom stereocenters. The number of benzene rings is 1. The lowest BCUT2D eigenvalue weighted by Gasteiger charge is -2.34. The van der Waals surface area contributed by atoms with Gasteiger partial charge in [-0.1, -0.05) is 57.5 Å². The summed E-state index contributed by atoms with van der Waals surface area (Å²) in [7, 11) is 0. The molecule has 0 radical (unpaired) electrons. The van der Waals surface area contributed by atoms with Gasteiger partial charge in [0.2, 0.25) is 0 Å². The van der Waals surface area contributed by atoms with E-state index in [4.69, 9.17) is 11.6 Å². The monoisotopic (exact) mass is 349 g/mol. The fourth-order valence-electron chi connectivity index (χ4n) is 2.98. The lowest BCUT2D eigenvalue weighted by Crippen LogP contribution is -2.36. The predicted octanol–water partition coefficient (Wildman–Crippen LogP) is 4.54. The van der Waals surface area contributed by atoms with Gasteiger partial charge in [0.1, 0.15) is 12.7 Å². The second kappa shape index (κ2) is 8.13. The molecule has 132 valence electrons. The van der Waals surface area contributed by atoms with Crippen LogP contribution in [0.2, 0.25) is 5.02 Å². The van der Waals surface area contributed by atoms with Crippen LogP contribution < -0.4 is 0 Å². The molecule has 24 heavy (non-hydrogen) atoms. The largest absolute Gasteiger partial charge is 0.390 e. The third-order valence-corrected chi connectivity index (χ3v) is 4.91. The standard InChI is InChI=1S/C19H28ClN3O/c1-14(9-10-15-7-5-6-8-16(15)20)11-17(18(24)19(2,3)4)23-13-21-12-22-23/h5-8,12-14,17-18,24H,9-11H2,1-4H3. The molecule has 0 spiro atoms. The van der Waals surface area contributed by atoms with Gasteiger partial charge in [-0.2, -0.15) is 5.10 Å². The highest BCUT2D eigenvalue weighted by Crippen LogP contribution is 2.33. The molecular weight excluding hydrogens is 322 g/mol. The fraction of sp³-hybridized carbons (Fsp3) is 0.579. The number of rotatable bonds is 7. The molecule has 4 nitrogen and oxygen atoms in total. The van der Waals surface area contributed by atoms with Gasteiger partial charge >= 0.3 is 0 Å². The van der Waals surface area contributed by atoms with E-state index >= 15 is 0 Å². The highest BCUT2D eigenvalue weighted by molar-refractivity contribution is 6.31. The summed E-state index contributed by atoms with van der Waals surface area (Å²) in [6.07, 6.45) is 5.55. The molecule has 0 saturated carbocycles. The van der Waals surface area contributed by atoms with E-state index in [1.54, 1.807) is 11.0 Å². The molecule has 0 aliphatic carbocycles. The zero-order valence-electron chi connectivity index (χ0n) is 15.0. The Labute approximate surface area is 149 Å². The van der Waals surface area contributed by atoms with E-state index in [1.807, 2.05) is 18.2 Å². The van der Waals surface area contributed by atoms with Crippen molar-refractivity contribution in [2.45, 2.75) is 59.1 Å². The van der Waals surface area contributed by atoms with Crippen LogP contribution in [0.3, 0.4) is 0 Å². The van der Waals surface area contributed by atoms with E-state index in [0.717, 1.165) is 24.3 Å². The van der Waals surface area contributed by atoms with Crippen molar-refractivity contribution < 1.29 is 5.11 Å². The molecule has 0 saturated heterocycles. The number of halogens is 1. The van der Waals surface area contributed by atoms with Crippen LogP contribution >= 0.6 is 11.6 Å². The summed E-state index contributed by atoms with van der Waals surface area (Å²) in [6, 6.07) is 7.91. The van der Waals surface area contributed by atoms with Crippen LogP contribution in [0.5, 0.6) is 0 Å². The van der Waals surface area contributed by atoms with Crippen LogP contribution in [0.15, 0.2) is 36.9 Å². The van der Waals surface area contributed by atoms with Crippen LogP contribution in [-0.2, 0) is 6.42 Å². The van der Waals surface area contributed by atoms with Crippen LogP contribution in [0.25, 0.3) is 0 Å². The van der Waals surface area contributed by atoms with Gasteiger partial charge in [-0.15, -0.1) is 0 Å². The maximum absolute atomic E-state index is 10.8. The van der Waals surface area contributed by atoms with Crippen molar-refractivity contribution in [1.82, 2.24) is 14.8 Å². The molecule has 0 amide bonds. The van der Waals surface area contributed by atoms with E-state index in [2.05, 4.69) is 43.8 Å². The molecule has 0 aliphatic heterocycles. The van der Waals surface area contributed by atoms with Crippen molar-refractivity contribution in [1.29, 1.82) is 0 Å². The number of hydrogen-bond acceptors (Lipinski definition) is 3. The molecule has 1 heterocycles. The van der Waals surface area contributed by atoms with E-state index in [1.165, 1.54) is 11.9 Å². The van der Waals surface area contributed by atoms with Crippen molar-refractivity contribution in [2.24, 2.45) is 11.3 Å². The Morgan fingerprint density at radius 2 is 1.96 bits per heavy atom. The number of aliphatic hydroxyl groups is 1. The van der Waals surface area contributed by atoms with Gasteiger partial charge in [-0.3, -0.25) is 0 Å². The van der Waals surface area contributed by atoms with Crippen molar-refractivity contribution in [3.05, 3.63) is 47.5 Å². The van der Waals surface area contributed by atoms with Gasteiger partial charge in [0, 0.05) is 5.02 Å². The minimum absolute atomic E-state index is 0.0752. The van der Waals surface area contributed by atoms with Gasteiger partial charge in [0.05, 0.1) is 12.1 Å². The summed E-state index contributed by atoms with van der Waals surface area (Å²) < 4.78 is 1.79. The summed E-state index contributed by atoms with van der Waals surface area (Å²) in [5.41, 5.74) is 0.971. The molecule has 1 aromatic heterocycles. The number of aryl methyl sites for hydroxylation is 1. The second-order valence-electron chi connectivity index (χ2n) is 7.72. The quantitative estimate of drug-likeness (QED) is 0.798. The summed E-state index contributed by atoms with van der Waals surface area (Å²) in [4.78, 5) is 4.04. The Bertz CT molecular complexity index is 622. The lowest BCUT2D eigenvalue weighted by atomic mass is 9.81. The maximum Gasteiger partial charge on any atom is 0.137 e. The van der Waals surface area contributed by atoms with Crippen LogP contribution in [0.1, 0.15) is 52.1 Å². The maximum atomic E-state index is 10.8. The Balaban J connectivity index is 2.02. The van der Waals surface area contributed by atoms with Gasteiger partial charge in [-0.25, -0.2) is 9.67 Å². The van der Waals surface area contributed by atoms with E-state index in [0.29, 0.717) is 5.92 Å². The molecule has 0 fully saturated rings. The third-order valence-electron chi connectivity index (χ3n) is 4.54. The highest BCUT2D eigenvalue weighted by Gasteiger charge is 2.33. The third kappa shape index (κ3) is 5.05. The van der Waals surface area contributed by atoms with Crippen LogP contribution in [0.4, 0.5) is 0 Å². The van der Waals surface area contributed by atoms with Crippen molar-refractivity contribution in [3.63, 3.8) is 0 Å². The Kier molecular flexibility index (Phi) is 6.41. The molecular formula is C19H28ClN3O. The van der Waals surface area contributed by atoms with E-state index < -0.39 is 6.10 Å². The first kappa shape index (κ1) is 18.9. The molecule has 5 heteroatoms. The first-order valence-corrected chi connectivity index (χ1v) is 8.92. The minimum Gasteiger partial charge on any atom is -0.390 e. The molecule has 2 aromatic rings. The number of aromatic nitrogens is 3. The van der Waals surface area contributed by atoms with Gasteiger partial charge in [0.25, 0.3) is 0 Å². The number of hydrogen-bond donors (Lipinski definition) is 1. The molecule has 2 rings (SSSR count). The van der Waals surface area contributed by atoms with Crippen LogP contribution in [-0.4, -0.2) is 26.0 Å². The molecule has 0 aliphatic rings. The second-order valence-corrected chi connectivity index (χ2v) is 8.13. The normalized spacial score (nSPS) is 15.9. The predicted molar refractivity (Wildman–Crippen MR) is 98.1 cm³/mol. The fourth-order valence-corrected chi connectivity index (χ4v) is 3.21. The van der Waals surface area contributed by atoms with Gasteiger partial charge in [-0.05, 0) is 42.2 Å². The van der Waals surface area contributed by atoms with Gasteiger partial charge in [0.15, 0.2) is 0 Å². The first-order valence-electron chi connectivity index (χ1n) is 8.54. The summed E-state index contributed by atoms with van der Waals surface area (Å²) in [5, 5.41) is 15.9. The topological polar surface area (TPSA) is 50.9 Å².